The summed E-state index contributed by atoms with van der Waals surface area (Å²) in [5.41, 5.74) is 6.81. The number of anilines is 1. The van der Waals surface area contributed by atoms with E-state index >= 15 is 0 Å². The summed E-state index contributed by atoms with van der Waals surface area (Å²) in [6.45, 7) is -0.565. The first-order valence-corrected chi connectivity index (χ1v) is 11.2. The molecule has 2 aromatic rings. The molecule has 3 N–H and O–H groups in total. The number of nitrogens with two attached hydrogens (primary N) is 1. The topological polar surface area (TPSA) is 129 Å². The molecule has 0 atom stereocenters. The molecule has 1 fully saturated rings. The Hall–Kier alpha value is -4.36. The SMILES string of the molecule is COC1=C=C=C(C(F)(F)F)C=C1c1cn(CC(N)=O)c(=O)cc1C(=O)Nc1nnc(C#CC2CC2)s1. The lowest BCUT2D eigenvalue weighted by molar-refractivity contribution is -0.118. The first-order valence-electron chi connectivity index (χ1n) is 10.3. The van der Waals surface area contributed by atoms with Crippen LogP contribution in [0.4, 0.5) is 18.3 Å². The van der Waals surface area contributed by atoms with Crippen LogP contribution in [0.5, 0.6) is 0 Å². The van der Waals surface area contributed by atoms with Crippen molar-refractivity contribution in [3.8, 4) is 11.8 Å². The van der Waals surface area contributed by atoms with E-state index in [1.807, 2.05) is 5.73 Å². The van der Waals surface area contributed by atoms with Crippen LogP contribution in [-0.4, -0.2) is 39.9 Å². The van der Waals surface area contributed by atoms with Gasteiger partial charge in [-0.3, -0.25) is 19.7 Å². The van der Waals surface area contributed by atoms with Gasteiger partial charge in [-0.1, -0.05) is 23.0 Å². The van der Waals surface area contributed by atoms with Crippen LogP contribution < -0.4 is 16.6 Å². The van der Waals surface area contributed by atoms with Gasteiger partial charge in [-0.25, -0.2) is 0 Å². The van der Waals surface area contributed by atoms with Crippen molar-refractivity contribution in [2.24, 2.45) is 11.7 Å². The summed E-state index contributed by atoms with van der Waals surface area (Å²) < 4.78 is 46.2. The fourth-order valence-electron chi connectivity index (χ4n) is 3.10. The van der Waals surface area contributed by atoms with E-state index in [4.69, 9.17) is 10.5 Å². The van der Waals surface area contributed by atoms with Crippen molar-refractivity contribution in [2.45, 2.75) is 25.6 Å². The summed E-state index contributed by atoms with van der Waals surface area (Å²) in [7, 11) is 1.20. The van der Waals surface area contributed by atoms with E-state index in [2.05, 4.69) is 33.1 Å². The largest absolute Gasteiger partial charge is 0.488 e. The zero-order chi connectivity index (χ0) is 26.0. The van der Waals surface area contributed by atoms with E-state index < -0.39 is 35.7 Å². The molecule has 13 heteroatoms. The van der Waals surface area contributed by atoms with Crippen LogP contribution in [0.15, 0.2) is 45.9 Å². The number of hydrogen-bond acceptors (Lipinski definition) is 7. The minimum absolute atomic E-state index is 0.0725. The van der Waals surface area contributed by atoms with Crippen LogP contribution in [0.3, 0.4) is 0 Å². The predicted octanol–water partition coefficient (Wildman–Crippen LogP) is 2.37. The molecule has 36 heavy (non-hydrogen) atoms. The highest BCUT2D eigenvalue weighted by atomic mass is 32.1. The fraction of sp³-hybridized carbons (Fsp3) is 0.261. The third-order valence-corrected chi connectivity index (χ3v) is 5.70. The molecule has 2 aliphatic carbocycles. The van der Waals surface area contributed by atoms with Crippen LogP contribution in [-0.2, 0) is 16.1 Å². The Morgan fingerprint density at radius 3 is 2.72 bits per heavy atom. The summed E-state index contributed by atoms with van der Waals surface area (Å²) in [5.74, 6) is 4.31. The maximum Gasteiger partial charge on any atom is 0.424 e. The van der Waals surface area contributed by atoms with Gasteiger partial charge >= 0.3 is 6.18 Å². The van der Waals surface area contributed by atoms with Crippen LogP contribution >= 0.6 is 11.3 Å². The number of carbonyl (C=O) groups excluding carboxylic acids is 2. The van der Waals surface area contributed by atoms with Crippen molar-refractivity contribution in [3.63, 3.8) is 0 Å². The van der Waals surface area contributed by atoms with Gasteiger partial charge in [0.05, 0.1) is 12.7 Å². The second-order valence-corrected chi connectivity index (χ2v) is 8.67. The molecular formula is C23H16F3N5O4S. The molecule has 184 valence electrons. The molecule has 0 saturated heterocycles. The van der Waals surface area contributed by atoms with Gasteiger partial charge in [0.2, 0.25) is 11.0 Å². The van der Waals surface area contributed by atoms with Crippen molar-refractivity contribution >= 4 is 33.9 Å². The summed E-state index contributed by atoms with van der Waals surface area (Å²) >= 11 is 1.000. The number of rotatable bonds is 6. The number of ether oxygens (including phenoxy) is 1. The number of alkyl halides is 3. The predicted molar refractivity (Wildman–Crippen MR) is 122 cm³/mol. The number of amides is 2. The van der Waals surface area contributed by atoms with Crippen molar-refractivity contribution in [1.82, 2.24) is 14.8 Å². The van der Waals surface area contributed by atoms with E-state index in [9.17, 15) is 27.6 Å². The Labute approximate surface area is 205 Å². The van der Waals surface area contributed by atoms with Gasteiger partial charge in [-0.2, -0.15) is 13.2 Å². The maximum atomic E-state index is 13.4. The molecule has 0 unspecified atom stereocenters. The highest BCUT2D eigenvalue weighted by Crippen LogP contribution is 2.35. The number of carbonyl (C=O) groups is 2. The molecule has 2 heterocycles. The minimum atomic E-state index is -4.77. The Kier molecular flexibility index (Phi) is 6.68. The third kappa shape index (κ3) is 5.64. The second kappa shape index (κ2) is 9.71. The Morgan fingerprint density at radius 2 is 2.08 bits per heavy atom. The van der Waals surface area contributed by atoms with E-state index in [1.165, 1.54) is 7.11 Å². The lowest BCUT2D eigenvalue weighted by Crippen LogP contribution is -2.30. The molecule has 0 aliphatic heterocycles. The maximum absolute atomic E-state index is 13.4. The van der Waals surface area contributed by atoms with Gasteiger partial charge in [0.15, 0.2) is 10.8 Å². The first kappa shape index (κ1) is 24.8. The van der Waals surface area contributed by atoms with Gasteiger partial charge in [-0.15, -0.1) is 10.2 Å². The van der Waals surface area contributed by atoms with Crippen molar-refractivity contribution in [1.29, 1.82) is 0 Å². The molecule has 1 saturated carbocycles. The third-order valence-electron chi connectivity index (χ3n) is 4.95. The van der Waals surface area contributed by atoms with Crippen LogP contribution in [0.25, 0.3) is 5.57 Å². The number of nitrogens with zero attached hydrogens (tertiary/aromatic N) is 3. The highest BCUT2D eigenvalue weighted by molar-refractivity contribution is 7.15. The van der Waals surface area contributed by atoms with Gasteiger partial charge in [-0.05, 0) is 30.6 Å². The number of primary amides is 1. The molecular weight excluding hydrogens is 499 g/mol. The van der Waals surface area contributed by atoms with Crippen molar-refractivity contribution in [3.05, 3.63) is 67.6 Å². The molecule has 0 bridgehead atoms. The Morgan fingerprint density at radius 1 is 1.33 bits per heavy atom. The molecule has 0 aromatic carbocycles. The number of methoxy groups -OCH3 is 1. The summed E-state index contributed by atoms with van der Waals surface area (Å²) in [6, 6.07) is 0.881. The molecule has 2 aromatic heterocycles. The summed E-state index contributed by atoms with van der Waals surface area (Å²) in [6.07, 6.45) is -0.967. The average Bonchev–Trinajstić information content (AvgIpc) is 3.55. The first-order chi connectivity index (χ1) is 17.0. The quantitative estimate of drug-likeness (QED) is 0.449. The number of hydrogen-bond donors (Lipinski definition) is 2. The molecule has 2 amide bonds. The van der Waals surface area contributed by atoms with Crippen LogP contribution in [0.1, 0.15) is 33.8 Å². The van der Waals surface area contributed by atoms with Crippen molar-refractivity contribution in [2.75, 3.05) is 12.4 Å². The minimum Gasteiger partial charge on any atom is -0.488 e. The zero-order valence-electron chi connectivity index (χ0n) is 18.5. The zero-order valence-corrected chi connectivity index (χ0v) is 19.3. The van der Waals surface area contributed by atoms with Gasteiger partial charge in [0.25, 0.3) is 11.5 Å². The molecule has 0 spiro atoms. The molecule has 0 radical (unpaired) electrons. The Balaban J connectivity index is 1.76. The number of nitrogens with one attached hydrogen (secondary N) is 1. The van der Waals surface area contributed by atoms with E-state index in [0.29, 0.717) is 17.0 Å². The fourth-order valence-corrected chi connectivity index (χ4v) is 3.70. The van der Waals surface area contributed by atoms with Crippen LogP contribution in [0.2, 0.25) is 0 Å². The number of aromatic nitrogens is 3. The molecule has 2 aliphatic rings. The molecule has 9 nitrogen and oxygen atoms in total. The standard InChI is InChI=1S/C23H16F3N5O4S/c1-35-17-6-5-13(23(24,25)26)8-14(17)16-10-31(11-18(27)32)20(33)9-15(16)21(34)28-22-30-29-19(36-22)7-4-12-2-3-12/h8-10,12H,2-3,11H2,1H3,(H2,27,32)(H,28,30,34). The number of pyridine rings is 1. The lowest BCUT2D eigenvalue weighted by atomic mass is 9.95. The van der Waals surface area contributed by atoms with Gasteiger partial charge < -0.3 is 15.0 Å². The van der Waals surface area contributed by atoms with Gasteiger partial charge in [0.1, 0.15) is 12.1 Å². The van der Waals surface area contributed by atoms with Crippen LogP contribution in [0, 0.1) is 17.8 Å². The smallest absolute Gasteiger partial charge is 0.424 e. The van der Waals surface area contributed by atoms with E-state index in [0.717, 1.165) is 41.0 Å². The average molecular weight is 515 g/mol. The highest BCUT2D eigenvalue weighted by Gasteiger charge is 2.35. The van der Waals surface area contributed by atoms with E-state index in [1.54, 1.807) is 0 Å². The second-order valence-electron chi connectivity index (χ2n) is 7.70. The summed E-state index contributed by atoms with van der Waals surface area (Å²) in [5, 5.41) is 10.7. The monoisotopic (exact) mass is 515 g/mol. The van der Waals surface area contributed by atoms with E-state index in [-0.39, 0.29) is 27.6 Å². The Bertz CT molecular complexity index is 1520. The lowest BCUT2D eigenvalue weighted by Gasteiger charge is -2.17. The molecule has 4 rings (SSSR count). The number of allylic oxidation sites excluding steroid dienone is 3. The van der Waals surface area contributed by atoms with Crippen molar-refractivity contribution < 1.29 is 27.5 Å². The normalized spacial score (nSPS) is 14.7. The van der Waals surface area contributed by atoms with Gasteiger partial charge in [0, 0.05) is 29.3 Å². The number of halogens is 3. The summed E-state index contributed by atoms with van der Waals surface area (Å²) in [4.78, 5) is 37.1.